The average Bonchev–Trinajstić information content (AvgIpc) is 2.47. The molecular formula is C14H11NO5S. The number of ether oxygens (including phenoxy) is 1. The SMILES string of the molecule is COc1cc(Sc2cccc(C(=O)O)c2)cc([N+](=O)[O-])c1. The Bertz CT molecular complexity index is 702. The molecule has 0 spiro atoms. The highest BCUT2D eigenvalue weighted by molar-refractivity contribution is 7.99. The van der Waals surface area contributed by atoms with Gasteiger partial charge in [-0.25, -0.2) is 4.79 Å². The van der Waals surface area contributed by atoms with E-state index < -0.39 is 10.9 Å². The van der Waals surface area contributed by atoms with E-state index in [0.29, 0.717) is 15.5 Å². The molecule has 7 heteroatoms. The number of carboxylic acid groups (broad SMARTS) is 1. The number of rotatable bonds is 5. The van der Waals surface area contributed by atoms with Crippen molar-refractivity contribution in [2.75, 3.05) is 7.11 Å². The number of non-ortho nitro benzene ring substituents is 1. The predicted octanol–water partition coefficient (Wildman–Crippen LogP) is 3.45. The maximum Gasteiger partial charge on any atom is 0.335 e. The van der Waals surface area contributed by atoms with Gasteiger partial charge in [-0.15, -0.1) is 0 Å². The molecule has 0 aliphatic carbocycles. The summed E-state index contributed by atoms with van der Waals surface area (Å²) in [6.45, 7) is 0. The molecule has 108 valence electrons. The fraction of sp³-hybridized carbons (Fsp3) is 0.0714. The van der Waals surface area contributed by atoms with Gasteiger partial charge < -0.3 is 9.84 Å². The summed E-state index contributed by atoms with van der Waals surface area (Å²) in [5.74, 6) is -0.643. The van der Waals surface area contributed by atoms with Gasteiger partial charge in [-0.3, -0.25) is 10.1 Å². The predicted molar refractivity (Wildman–Crippen MR) is 77.2 cm³/mol. The number of methoxy groups -OCH3 is 1. The van der Waals surface area contributed by atoms with Crippen LogP contribution in [0.1, 0.15) is 10.4 Å². The molecule has 0 aromatic heterocycles. The first-order chi connectivity index (χ1) is 9.99. The van der Waals surface area contributed by atoms with Crippen LogP contribution < -0.4 is 4.74 Å². The molecule has 0 unspecified atom stereocenters. The van der Waals surface area contributed by atoms with Crippen molar-refractivity contribution in [3.8, 4) is 5.75 Å². The largest absolute Gasteiger partial charge is 0.496 e. The fourth-order valence-electron chi connectivity index (χ4n) is 1.67. The van der Waals surface area contributed by atoms with Gasteiger partial charge >= 0.3 is 5.97 Å². The van der Waals surface area contributed by atoms with Crippen LogP contribution >= 0.6 is 11.8 Å². The van der Waals surface area contributed by atoms with E-state index in [1.807, 2.05) is 0 Å². The summed E-state index contributed by atoms with van der Waals surface area (Å²) in [6, 6.07) is 10.8. The number of nitro benzene ring substituents is 1. The molecule has 0 saturated heterocycles. The van der Waals surface area contributed by atoms with Crippen LogP contribution in [0.5, 0.6) is 5.75 Å². The second-order valence-corrected chi connectivity index (χ2v) is 5.21. The minimum Gasteiger partial charge on any atom is -0.496 e. The Balaban J connectivity index is 2.34. The number of benzene rings is 2. The Hall–Kier alpha value is -2.54. The van der Waals surface area contributed by atoms with Gasteiger partial charge in [0.1, 0.15) is 5.75 Å². The smallest absolute Gasteiger partial charge is 0.335 e. The first-order valence-corrected chi connectivity index (χ1v) is 6.66. The minimum absolute atomic E-state index is 0.0776. The van der Waals surface area contributed by atoms with Gasteiger partial charge in [0, 0.05) is 15.9 Å². The first kappa shape index (κ1) is 14.9. The molecule has 1 N–H and O–H groups in total. The summed E-state index contributed by atoms with van der Waals surface area (Å²) in [4.78, 5) is 22.6. The lowest BCUT2D eigenvalue weighted by molar-refractivity contribution is -0.385. The van der Waals surface area contributed by atoms with Crippen LogP contribution in [0.2, 0.25) is 0 Å². The van der Waals surface area contributed by atoms with E-state index in [2.05, 4.69) is 0 Å². The lowest BCUT2D eigenvalue weighted by Crippen LogP contribution is -1.95. The Morgan fingerprint density at radius 1 is 1.24 bits per heavy atom. The van der Waals surface area contributed by atoms with E-state index in [1.165, 1.54) is 43.1 Å². The molecule has 21 heavy (non-hydrogen) atoms. The molecule has 0 radical (unpaired) electrons. The fourth-order valence-corrected chi connectivity index (χ4v) is 2.63. The molecule has 2 rings (SSSR count). The lowest BCUT2D eigenvalue weighted by atomic mass is 10.2. The highest BCUT2D eigenvalue weighted by atomic mass is 32.2. The van der Waals surface area contributed by atoms with Gasteiger partial charge in [0.15, 0.2) is 0 Å². The molecule has 2 aromatic rings. The Labute approximate surface area is 124 Å². The second kappa shape index (κ2) is 6.27. The van der Waals surface area contributed by atoms with E-state index in [0.717, 1.165) is 0 Å². The van der Waals surface area contributed by atoms with E-state index in [9.17, 15) is 14.9 Å². The summed E-state index contributed by atoms with van der Waals surface area (Å²) in [5.41, 5.74) is 0.0867. The molecule has 6 nitrogen and oxygen atoms in total. The Morgan fingerprint density at radius 3 is 2.62 bits per heavy atom. The first-order valence-electron chi connectivity index (χ1n) is 5.84. The monoisotopic (exact) mass is 305 g/mol. The van der Waals surface area contributed by atoms with Gasteiger partial charge in [0.05, 0.1) is 23.7 Å². The summed E-state index contributed by atoms with van der Waals surface area (Å²) in [5, 5.41) is 19.8. The van der Waals surface area contributed by atoms with Crippen molar-refractivity contribution in [1.82, 2.24) is 0 Å². The molecular weight excluding hydrogens is 294 g/mol. The lowest BCUT2D eigenvalue weighted by Gasteiger charge is -2.06. The maximum atomic E-state index is 10.9. The zero-order valence-corrected chi connectivity index (χ0v) is 11.8. The zero-order chi connectivity index (χ0) is 15.4. The summed E-state index contributed by atoms with van der Waals surface area (Å²) < 4.78 is 5.03. The third-order valence-corrected chi connectivity index (χ3v) is 3.59. The van der Waals surface area contributed by atoms with E-state index in [1.54, 1.807) is 18.2 Å². The van der Waals surface area contributed by atoms with Crippen molar-refractivity contribution in [2.24, 2.45) is 0 Å². The van der Waals surface area contributed by atoms with E-state index >= 15 is 0 Å². The normalized spacial score (nSPS) is 10.1. The number of hydrogen-bond acceptors (Lipinski definition) is 5. The molecule has 0 saturated carbocycles. The molecule has 0 heterocycles. The standard InChI is InChI=1S/C14H11NO5S/c1-20-11-6-10(15(18)19)7-13(8-11)21-12-4-2-3-9(5-12)14(16)17/h2-8H,1H3,(H,16,17). The van der Waals surface area contributed by atoms with Crippen molar-refractivity contribution in [3.05, 3.63) is 58.1 Å². The highest BCUT2D eigenvalue weighted by Gasteiger charge is 2.12. The molecule has 0 bridgehead atoms. The molecule has 0 aliphatic heterocycles. The maximum absolute atomic E-state index is 10.9. The van der Waals surface area contributed by atoms with Gasteiger partial charge in [-0.05, 0) is 24.3 Å². The second-order valence-electron chi connectivity index (χ2n) is 4.06. The minimum atomic E-state index is -1.02. The van der Waals surface area contributed by atoms with Crippen LogP contribution in [0.15, 0.2) is 52.3 Å². The molecule has 2 aromatic carbocycles. The summed E-state index contributed by atoms with van der Waals surface area (Å²) >= 11 is 1.23. The van der Waals surface area contributed by atoms with Gasteiger partial charge in [-0.1, -0.05) is 17.8 Å². The van der Waals surface area contributed by atoms with Crippen molar-refractivity contribution in [2.45, 2.75) is 9.79 Å². The van der Waals surface area contributed by atoms with Gasteiger partial charge in [0.25, 0.3) is 5.69 Å². The molecule has 0 fully saturated rings. The average molecular weight is 305 g/mol. The van der Waals surface area contributed by atoms with Crippen molar-refractivity contribution in [3.63, 3.8) is 0 Å². The molecule has 0 aliphatic rings. The number of nitro groups is 1. The van der Waals surface area contributed by atoms with Crippen LogP contribution in [0.4, 0.5) is 5.69 Å². The van der Waals surface area contributed by atoms with Crippen LogP contribution in [0.3, 0.4) is 0 Å². The number of hydrogen-bond donors (Lipinski definition) is 1. The van der Waals surface area contributed by atoms with Crippen LogP contribution in [0.25, 0.3) is 0 Å². The number of carbonyl (C=O) groups is 1. The summed E-state index contributed by atoms with van der Waals surface area (Å²) in [7, 11) is 1.43. The quantitative estimate of drug-likeness (QED) is 0.672. The van der Waals surface area contributed by atoms with Crippen LogP contribution in [-0.4, -0.2) is 23.1 Å². The topological polar surface area (TPSA) is 89.7 Å². The number of carboxylic acids is 1. The van der Waals surface area contributed by atoms with E-state index in [4.69, 9.17) is 9.84 Å². The van der Waals surface area contributed by atoms with Gasteiger partial charge in [0.2, 0.25) is 0 Å². The Kier molecular flexibility index (Phi) is 4.44. The number of aromatic carboxylic acids is 1. The molecule has 0 amide bonds. The van der Waals surface area contributed by atoms with Crippen LogP contribution in [0, 0.1) is 10.1 Å². The van der Waals surface area contributed by atoms with Gasteiger partial charge in [-0.2, -0.15) is 0 Å². The third-order valence-electron chi connectivity index (χ3n) is 2.63. The Morgan fingerprint density at radius 2 is 2.00 bits per heavy atom. The van der Waals surface area contributed by atoms with E-state index in [-0.39, 0.29) is 11.3 Å². The van der Waals surface area contributed by atoms with Crippen molar-refractivity contribution in [1.29, 1.82) is 0 Å². The van der Waals surface area contributed by atoms with Crippen molar-refractivity contribution >= 4 is 23.4 Å². The zero-order valence-electron chi connectivity index (χ0n) is 11.0. The number of nitrogens with zero attached hydrogens (tertiary/aromatic N) is 1. The van der Waals surface area contributed by atoms with Crippen LogP contribution in [-0.2, 0) is 0 Å². The van der Waals surface area contributed by atoms with Crippen molar-refractivity contribution < 1.29 is 19.6 Å². The highest BCUT2D eigenvalue weighted by Crippen LogP contribution is 2.34. The third kappa shape index (κ3) is 3.73. The summed E-state index contributed by atoms with van der Waals surface area (Å²) in [6.07, 6.45) is 0. The molecule has 0 atom stereocenters.